The lowest BCUT2D eigenvalue weighted by molar-refractivity contribution is -0.199. The second kappa shape index (κ2) is 21.4. The number of anilines is 2. The van der Waals surface area contributed by atoms with Crippen molar-refractivity contribution in [2.24, 2.45) is 0 Å². The summed E-state index contributed by atoms with van der Waals surface area (Å²) in [6, 6.07) is 29.8. The third-order valence-corrected chi connectivity index (χ3v) is 13.7. The number of aromatic amines is 2. The van der Waals surface area contributed by atoms with Crippen LogP contribution >= 0.6 is 0 Å². The lowest BCUT2D eigenvalue weighted by Crippen LogP contribution is -2.46. The molecule has 10 rings (SSSR count). The number of nitrogens with zero attached hydrogens (tertiary/aromatic N) is 5. The van der Waals surface area contributed by atoms with Crippen LogP contribution in [0, 0.1) is 0 Å². The molecule has 0 bridgehead atoms. The molecule has 424 valence electrons. The minimum atomic E-state index is -6.11. The zero-order valence-corrected chi connectivity index (χ0v) is 41.6. The van der Waals surface area contributed by atoms with Gasteiger partial charge >= 0.3 is 48.6 Å². The molecule has 2 N–H and O–H groups in total. The van der Waals surface area contributed by atoms with Crippen LogP contribution in [0.5, 0.6) is 17.2 Å². The van der Waals surface area contributed by atoms with E-state index in [1.165, 1.54) is 24.3 Å². The Morgan fingerprint density at radius 1 is 0.494 bits per heavy atom. The smallest absolute Gasteiger partial charge is 0.416 e. The van der Waals surface area contributed by atoms with E-state index in [1.54, 1.807) is 29.3 Å². The topological polar surface area (TPSA) is 155 Å². The fraction of sp³-hybridized carbons (Fsp3) is 0.259. The predicted molar refractivity (Wildman–Crippen MR) is 267 cm³/mol. The molecule has 0 amide bonds. The van der Waals surface area contributed by atoms with Crippen LogP contribution < -0.4 is 28.8 Å². The van der Waals surface area contributed by atoms with Gasteiger partial charge in [-0.05, 0) is 47.5 Å². The predicted octanol–water partition coefficient (Wildman–Crippen LogP) is 10.5. The lowest BCUT2D eigenvalue weighted by atomic mass is 9.96. The second-order valence-electron chi connectivity index (χ2n) is 18.8. The van der Waals surface area contributed by atoms with Crippen molar-refractivity contribution in [2.45, 2.75) is 37.8 Å². The monoisotopic (exact) mass is 1140 g/mol. The number of carbonyl (C=O) groups excluding carboxylic acids is 4. The maximum atomic E-state index is 14.3. The van der Waals surface area contributed by atoms with Crippen molar-refractivity contribution in [2.75, 3.05) is 62.2 Å². The van der Waals surface area contributed by atoms with E-state index in [4.69, 9.17) is 4.84 Å². The summed E-state index contributed by atoms with van der Waals surface area (Å²) in [5, 5.41) is 0.342. The quantitative estimate of drug-likeness (QED) is 0.0680. The van der Waals surface area contributed by atoms with Gasteiger partial charge in [0, 0.05) is 128 Å². The average Bonchev–Trinajstić information content (AvgIpc) is 2.65. The summed E-state index contributed by atoms with van der Waals surface area (Å²) in [7, 11) is 0. The number of halogens is 12. The minimum absolute atomic E-state index is 0.00182. The van der Waals surface area contributed by atoms with E-state index in [-0.39, 0.29) is 42.5 Å². The van der Waals surface area contributed by atoms with Crippen molar-refractivity contribution in [1.82, 2.24) is 24.5 Å². The van der Waals surface area contributed by atoms with Gasteiger partial charge in [0.25, 0.3) is 0 Å². The number of fused-ring (bicyclic) bond motifs is 3. The molecule has 5 aromatic carbocycles. The zero-order chi connectivity index (χ0) is 57.8. The zero-order valence-electron chi connectivity index (χ0n) is 41.6. The number of para-hydroxylation sites is 2. The summed E-state index contributed by atoms with van der Waals surface area (Å²) in [6.07, 6.45) is -22.5. The van der Waals surface area contributed by atoms with E-state index >= 15 is 0 Å². The first-order valence-electron chi connectivity index (χ1n) is 24.5. The Balaban J connectivity index is 1.16. The van der Waals surface area contributed by atoms with Crippen LogP contribution in [-0.2, 0) is 32.3 Å². The number of aromatic nitrogens is 3. The van der Waals surface area contributed by atoms with Gasteiger partial charge in [-0.3, -0.25) is 9.80 Å². The minimum Gasteiger partial charge on any atom is -0.416 e. The molecule has 2 aliphatic heterocycles. The first-order chi connectivity index (χ1) is 38.3. The molecule has 2 saturated heterocycles. The molecule has 81 heavy (non-hydrogen) atoms. The van der Waals surface area contributed by atoms with Gasteiger partial charge in [-0.25, -0.2) is 19.2 Å². The van der Waals surface area contributed by atoms with Crippen LogP contribution in [-0.4, -0.2) is 125 Å². The highest BCUT2D eigenvalue weighted by atomic mass is 19.4. The molecule has 5 heterocycles. The Hall–Kier alpha value is -8.72. The number of hydrogen-bond acceptors (Lipinski definition) is 12. The molecule has 2 fully saturated rings. The normalized spacial score (nSPS) is 15.2. The molecule has 3 aromatic heterocycles. The van der Waals surface area contributed by atoms with Gasteiger partial charge in [-0.2, -0.15) is 57.4 Å². The molecule has 0 unspecified atom stereocenters. The van der Waals surface area contributed by atoms with Crippen molar-refractivity contribution in [3.8, 4) is 39.5 Å². The van der Waals surface area contributed by atoms with E-state index in [0.29, 0.717) is 54.8 Å². The number of ether oxygens (including phenoxy) is 3. The fourth-order valence-electron chi connectivity index (χ4n) is 10.00. The molecule has 0 saturated carbocycles. The Morgan fingerprint density at radius 3 is 1.64 bits per heavy atom. The first-order valence-corrected chi connectivity index (χ1v) is 24.5. The largest absolute Gasteiger partial charge is 0.493 e. The van der Waals surface area contributed by atoms with Gasteiger partial charge in [0.2, 0.25) is 5.75 Å². The summed E-state index contributed by atoms with van der Waals surface area (Å²) in [5.74, 6) is -19.3. The molecule has 15 nitrogen and oxygen atoms in total. The number of piperazine rings is 2. The number of benzene rings is 5. The van der Waals surface area contributed by atoms with E-state index in [9.17, 15) is 71.9 Å². The number of nitrogens with one attached hydrogen (secondary N) is 2. The number of hydrogen-bond donors (Lipinski definition) is 2. The lowest BCUT2D eigenvalue weighted by Gasteiger charge is -2.36. The molecule has 0 aliphatic carbocycles. The van der Waals surface area contributed by atoms with E-state index in [0.717, 1.165) is 28.0 Å². The van der Waals surface area contributed by atoms with Crippen molar-refractivity contribution in [1.29, 1.82) is 0 Å². The SMILES string of the molecule is O=C(Oc1cc2c(c(OC(=O)C(F)(F)F)c1OC(=O)C(F)(F)F)c(-c1ccc(-c3c(CN4CCN(c5ccccc5)CC4)[nH]c4ccccc34)cc1)c(CN1CCN(c3cccc4[nH]ccc34)CC1)n2OC(=O)C(F)(F)F)C(F)(F)F. The van der Waals surface area contributed by atoms with Crippen LogP contribution in [0.15, 0.2) is 115 Å². The van der Waals surface area contributed by atoms with Gasteiger partial charge < -0.3 is 38.8 Å². The summed E-state index contributed by atoms with van der Waals surface area (Å²) >= 11 is 0. The van der Waals surface area contributed by atoms with Crippen LogP contribution in [0.2, 0.25) is 0 Å². The standard InChI is InChI=1S/C54H41F12N7O8/c55-51(56,57)47(74)78-41-27-39-44(46(80-49(76)53(61,62)63)45(41)79-48(75)52(58,59)60)43(40(73(39)81-50(77)54(64,65)66)29-70-21-25-72(26-22-70)38-12-6-11-35-33(38)17-18-67-35)31-15-13-30(14-16-31)42-34-9-4-5-10-36(34)68-37(42)28-69-19-23-71(24-20-69)32-7-2-1-3-8-32/h1-18,27,67-68H,19-26,28-29H2. The molecule has 0 radical (unpaired) electrons. The third kappa shape index (κ3) is 11.5. The number of alkyl halides is 12. The van der Waals surface area contributed by atoms with Crippen LogP contribution in [0.25, 0.3) is 55.0 Å². The molecule has 27 heteroatoms. The summed E-state index contributed by atoms with van der Waals surface area (Å²) in [6.45, 7) is 2.80. The second-order valence-corrected chi connectivity index (χ2v) is 18.8. The first kappa shape index (κ1) is 55.6. The molecule has 0 spiro atoms. The molecule has 2 aliphatic rings. The van der Waals surface area contributed by atoms with Gasteiger partial charge in [0.1, 0.15) is 0 Å². The highest BCUT2D eigenvalue weighted by Gasteiger charge is 2.49. The molecule has 8 aromatic rings. The van der Waals surface area contributed by atoms with Gasteiger partial charge in [-0.1, -0.05) is 66.7 Å². The van der Waals surface area contributed by atoms with Crippen molar-refractivity contribution in [3.05, 3.63) is 127 Å². The maximum absolute atomic E-state index is 14.3. The Bertz CT molecular complexity index is 3690. The van der Waals surface area contributed by atoms with E-state index in [1.807, 2.05) is 65.6 Å². The van der Waals surface area contributed by atoms with Crippen molar-refractivity contribution >= 4 is 68.0 Å². The highest BCUT2D eigenvalue weighted by molar-refractivity contribution is 6.07. The summed E-state index contributed by atoms with van der Waals surface area (Å²) in [4.78, 5) is 70.1. The number of rotatable bonds is 12. The maximum Gasteiger partial charge on any atom is 0.493 e. The number of H-pyrrole nitrogens is 2. The molecular weight excluding hydrogens is 1100 g/mol. The summed E-state index contributed by atoms with van der Waals surface area (Å²) in [5.41, 5.74) is 2.30. The number of esters is 3. The van der Waals surface area contributed by atoms with E-state index < -0.39 is 94.5 Å². The fourth-order valence-corrected chi connectivity index (χ4v) is 10.00. The summed E-state index contributed by atoms with van der Waals surface area (Å²) < 4.78 is 182. The average molecular weight is 1140 g/mol. The number of carbonyl (C=O) groups is 4. The Morgan fingerprint density at radius 2 is 1.02 bits per heavy atom. The van der Waals surface area contributed by atoms with Crippen molar-refractivity contribution < 1.29 is 90.9 Å². The van der Waals surface area contributed by atoms with Crippen molar-refractivity contribution in [3.63, 3.8) is 0 Å². The van der Waals surface area contributed by atoms with Gasteiger partial charge in [0.15, 0.2) is 11.5 Å². The Kier molecular flexibility index (Phi) is 14.7. The van der Waals surface area contributed by atoms with Gasteiger partial charge in [0.05, 0.1) is 16.6 Å². The van der Waals surface area contributed by atoms with Crippen LogP contribution in [0.4, 0.5) is 64.1 Å². The van der Waals surface area contributed by atoms with Gasteiger partial charge in [-0.15, -0.1) is 0 Å². The molecule has 0 atom stereocenters. The Labute approximate surface area is 448 Å². The molecular formula is C54H41F12N7O8. The van der Waals surface area contributed by atoms with Crippen LogP contribution in [0.3, 0.4) is 0 Å². The third-order valence-electron chi connectivity index (χ3n) is 13.7. The highest BCUT2D eigenvalue weighted by Crippen LogP contribution is 2.52. The van der Waals surface area contributed by atoms with E-state index in [2.05, 4.69) is 34.0 Å². The van der Waals surface area contributed by atoms with Crippen LogP contribution in [0.1, 0.15) is 11.4 Å².